The molecule has 26 heavy (non-hydrogen) atoms. The predicted molar refractivity (Wildman–Crippen MR) is 104 cm³/mol. The van der Waals surface area contributed by atoms with Gasteiger partial charge in [-0.1, -0.05) is 37.8 Å². The van der Waals surface area contributed by atoms with Gasteiger partial charge in [-0.2, -0.15) is 10.3 Å². The summed E-state index contributed by atoms with van der Waals surface area (Å²) in [5, 5.41) is 11.1. The van der Waals surface area contributed by atoms with Crippen molar-refractivity contribution >= 4 is 0 Å². The third-order valence-electron chi connectivity index (χ3n) is 4.26. The van der Waals surface area contributed by atoms with Gasteiger partial charge in [0.05, 0.1) is 7.11 Å². The van der Waals surface area contributed by atoms with Crippen LogP contribution < -0.4 is 4.74 Å². The molecule has 0 saturated carbocycles. The lowest BCUT2D eigenvalue weighted by Gasteiger charge is -2.01. The normalized spacial score (nSPS) is 10.2. The highest BCUT2D eigenvalue weighted by Gasteiger charge is 2.08. The summed E-state index contributed by atoms with van der Waals surface area (Å²) in [6, 6.07) is 16.2. The smallest absolute Gasteiger partial charge is 0.163 e. The lowest BCUT2D eigenvalue weighted by Crippen LogP contribution is -1.87. The Morgan fingerprint density at radius 1 is 0.923 bits per heavy atom. The third-order valence-corrected chi connectivity index (χ3v) is 4.26. The van der Waals surface area contributed by atoms with E-state index < -0.39 is 0 Å². The van der Waals surface area contributed by atoms with Gasteiger partial charge in [0.25, 0.3) is 0 Å². The Bertz CT molecular complexity index is 884. The van der Waals surface area contributed by atoms with Crippen LogP contribution in [0.2, 0.25) is 0 Å². The van der Waals surface area contributed by atoms with Crippen molar-refractivity contribution in [3.05, 3.63) is 65.4 Å². The summed E-state index contributed by atoms with van der Waals surface area (Å²) in [5.74, 6) is 7.11. The van der Waals surface area contributed by atoms with E-state index in [2.05, 4.69) is 58.4 Å². The van der Waals surface area contributed by atoms with Gasteiger partial charge in [-0.3, -0.25) is 0 Å². The average molecular weight is 345 g/mol. The minimum absolute atomic E-state index is 0.641. The summed E-state index contributed by atoms with van der Waals surface area (Å²) in [6.45, 7) is 2.22. The van der Waals surface area contributed by atoms with E-state index in [1.165, 1.54) is 24.8 Å². The van der Waals surface area contributed by atoms with Crippen LogP contribution in [0.25, 0.3) is 11.3 Å². The van der Waals surface area contributed by atoms with E-state index in [0.717, 1.165) is 29.0 Å². The molecule has 4 nitrogen and oxygen atoms in total. The Labute approximate surface area is 154 Å². The van der Waals surface area contributed by atoms with Crippen LogP contribution in [0.5, 0.6) is 5.75 Å². The van der Waals surface area contributed by atoms with E-state index in [9.17, 15) is 0 Å². The molecule has 0 atom stereocenters. The first-order chi connectivity index (χ1) is 12.8. The molecule has 3 rings (SSSR count). The molecule has 1 heterocycles. The number of methoxy groups -OCH3 is 1. The van der Waals surface area contributed by atoms with Gasteiger partial charge in [-0.05, 0) is 60.7 Å². The van der Waals surface area contributed by atoms with Gasteiger partial charge in [-0.25, -0.2) is 0 Å². The Kier molecular flexibility index (Phi) is 6.05. The van der Waals surface area contributed by atoms with Crippen molar-refractivity contribution in [2.75, 3.05) is 7.11 Å². The Morgan fingerprint density at radius 3 is 2.38 bits per heavy atom. The van der Waals surface area contributed by atoms with Gasteiger partial charge in [-0.15, -0.1) is 5.10 Å². The highest BCUT2D eigenvalue weighted by molar-refractivity contribution is 5.66. The molecule has 1 N–H and O–H groups in total. The third kappa shape index (κ3) is 4.52. The van der Waals surface area contributed by atoms with Crippen molar-refractivity contribution in [1.29, 1.82) is 0 Å². The molecule has 0 radical (unpaired) electrons. The molecule has 0 fully saturated rings. The van der Waals surface area contributed by atoms with Crippen LogP contribution in [0, 0.1) is 11.8 Å². The number of nitrogens with zero attached hydrogens (tertiary/aromatic N) is 2. The molecule has 3 aromatic rings. The molecule has 0 amide bonds. The maximum absolute atomic E-state index is 5.19. The highest BCUT2D eigenvalue weighted by Crippen LogP contribution is 2.22. The molecule has 132 valence electrons. The van der Waals surface area contributed by atoms with Crippen LogP contribution in [-0.2, 0) is 6.42 Å². The molecule has 0 aliphatic carbocycles. The van der Waals surface area contributed by atoms with Crippen LogP contribution in [0.4, 0.5) is 0 Å². The number of ether oxygens (including phenoxy) is 1. The first-order valence-electron chi connectivity index (χ1n) is 8.96. The fraction of sp³-hybridized carbons (Fsp3) is 0.273. The minimum atomic E-state index is 0.641. The van der Waals surface area contributed by atoms with E-state index in [1.54, 1.807) is 7.11 Å². The lowest BCUT2D eigenvalue weighted by molar-refractivity contribution is 0.415. The summed E-state index contributed by atoms with van der Waals surface area (Å²) >= 11 is 0. The van der Waals surface area contributed by atoms with Crippen molar-refractivity contribution in [3.63, 3.8) is 0 Å². The van der Waals surface area contributed by atoms with E-state index in [1.807, 2.05) is 24.3 Å². The largest absolute Gasteiger partial charge is 0.497 e. The van der Waals surface area contributed by atoms with Crippen molar-refractivity contribution in [2.24, 2.45) is 0 Å². The predicted octanol–water partition coefficient (Wildman–Crippen LogP) is 4.61. The monoisotopic (exact) mass is 345 g/mol. The van der Waals surface area contributed by atoms with Gasteiger partial charge in [0.15, 0.2) is 5.69 Å². The summed E-state index contributed by atoms with van der Waals surface area (Å²) in [6.07, 6.45) is 4.90. The highest BCUT2D eigenvalue weighted by atomic mass is 16.5. The van der Waals surface area contributed by atoms with E-state index in [0.29, 0.717) is 5.69 Å². The Hall–Kier alpha value is -3.06. The average Bonchev–Trinajstić information content (AvgIpc) is 3.16. The molecule has 1 aromatic heterocycles. The lowest BCUT2D eigenvalue weighted by atomic mass is 10.1. The summed E-state index contributed by atoms with van der Waals surface area (Å²) in [4.78, 5) is 0. The number of aryl methyl sites for hydroxylation is 1. The number of hydrogen-bond donors (Lipinski definition) is 1. The summed E-state index contributed by atoms with van der Waals surface area (Å²) in [7, 11) is 1.65. The number of unbranched alkanes of at least 4 members (excludes halogenated alkanes) is 2. The van der Waals surface area contributed by atoms with E-state index in [4.69, 9.17) is 4.74 Å². The molecule has 0 spiro atoms. The number of nitrogens with one attached hydrogen (secondary N) is 1. The fourth-order valence-corrected chi connectivity index (χ4v) is 2.73. The quantitative estimate of drug-likeness (QED) is 0.524. The number of H-pyrrole nitrogens is 1. The Balaban J connectivity index is 1.73. The van der Waals surface area contributed by atoms with Crippen LogP contribution >= 0.6 is 0 Å². The van der Waals surface area contributed by atoms with Gasteiger partial charge in [0.1, 0.15) is 11.4 Å². The summed E-state index contributed by atoms with van der Waals surface area (Å²) in [5.41, 5.74) is 4.69. The topological polar surface area (TPSA) is 50.8 Å². The first-order valence-corrected chi connectivity index (χ1v) is 8.96. The van der Waals surface area contributed by atoms with E-state index in [-0.39, 0.29) is 0 Å². The van der Waals surface area contributed by atoms with Gasteiger partial charge >= 0.3 is 0 Å². The van der Waals surface area contributed by atoms with Crippen molar-refractivity contribution in [1.82, 2.24) is 15.4 Å². The summed E-state index contributed by atoms with van der Waals surface area (Å²) < 4.78 is 5.19. The zero-order valence-corrected chi connectivity index (χ0v) is 15.2. The number of rotatable bonds is 6. The molecule has 2 aromatic carbocycles. The van der Waals surface area contributed by atoms with Gasteiger partial charge in [0.2, 0.25) is 0 Å². The minimum Gasteiger partial charge on any atom is -0.497 e. The SMILES string of the molecule is CCCCCc1ccc(C#Cc2n[nH]nc2-c2ccc(OC)cc2)cc1. The Morgan fingerprint density at radius 2 is 1.69 bits per heavy atom. The first kappa shape index (κ1) is 17.8. The van der Waals surface area contributed by atoms with E-state index >= 15 is 0 Å². The number of aromatic amines is 1. The molecule has 0 saturated heterocycles. The maximum atomic E-state index is 5.19. The molecular weight excluding hydrogens is 322 g/mol. The second-order valence-electron chi connectivity index (χ2n) is 6.15. The maximum Gasteiger partial charge on any atom is 0.163 e. The van der Waals surface area contributed by atoms with Crippen molar-refractivity contribution in [2.45, 2.75) is 32.6 Å². The van der Waals surface area contributed by atoms with Crippen LogP contribution in [-0.4, -0.2) is 22.5 Å². The number of aromatic nitrogens is 3. The number of hydrogen-bond acceptors (Lipinski definition) is 3. The standard InChI is InChI=1S/C22H23N3O/c1-3-4-5-6-17-7-9-18(10-8-17)11-16-21-22(24-25-23-21)19-12-14-20(26-2)15-13-19/h7-10,12-15H,3-6H2,1-2H3,(H,23,24,25). The zero-order chi connectivity index (χ0) is 18.2. The molecule has 0 unspecified atom stereocenters. The number of benzene rings is 2. The second-order valence-corrected chi connectivity index (χ2v) is 6.15. The van der Waals surface area contributed by atoms with Gasteiger partial charge < -0.3 is 4.74 Å². The van der Waals surface area contributed by atoms with Crippen LogP contribution in [0.15, 0.2) is 48.5 Å². The molecule has 0 bridgehead atoms. The molecule has 0 aliphatic rings. The van der Waals surface area contributed by atoms with Crippen molar-refractivity contribution < 1.29 is 4.74 Å². The zero-order valence-electron chi connectivity index (χ0n) is 15.2. The van der Waals surface area contributed by atoms with Gasteiger partial charge in [0, 0.05) is 11.1 Å². The fourth-order valence-electron chi connectivity index (χ4n) is 2.73. The van der Waals surface area contributed by atoms with Crippen molar-refractivity contribution in [3.8, 4) is 28.8 Å². The van der Waals surface area contributed by atoms with Crippen LogP contribution in [0.3, 0.4) is 0 Å². The molecular formula is C22H23N3O. The molecule has 4 heteroatoms. The van der Waals surface area contributed by atoms with Crippen LogP contribution in [0.1, 0.15) is 43.0 Å². The molecule has 0 aliphatic heterocycles. The second kappa shape index (κ2) is 8.87.